The van der Waals surface area contributed by atoms with Crippen molar-refractivity contribution in [3.8, 4) is 0 Å². The third kappa shape index (κ3) is 4.09. The van der Waals surface area contributed by atoms with E-state index in [1.54, 1.807) is 6.20 Å². The molecule has 0 aliphatic heterocycles. The fourth-order valence-corrected chi connectivity index (χ4v) is 1.73. The highest BCUT2D eigenvalue weighted by atomic mass is 19.1. The summed E-state index contributed by atoms with van der Waals surface area (Å²) in [5.74, 6) is -0.679. The van der Waals surface area contributed by atoms with Crippen molar-refractivity contribution in [3.05, 3.63) is 41.6 Å². The highest BCUT2D eigenvalue weighted by molar-refractivity contribution is 5.56. The number of nitrogens with zero attached hydrogens (tertiary/aromatic N) is 3. The van der Waals surface area contributed by atoms with Gasteiger partial charge in [-0.15, -0.1) is 0 Å². The molecule has 2 aromatic rings. The molecule has 21 heavy (non-hydrogen) atoms. The zero-order chi connectivity index (χ0) is 15.4. The molecule has 7 heteroatoms. The van der Waals surface area contributed by atoms with Crippen molar-refractivity contribution in [2.45, 2.75) is 6.42 Å². The number of likely N-dealkylation sites (N-methyl/N-ethyl adjacent to an activating group) is 1. The maximum atomic E-state index is 13.5. The predicted octanol–water partition coefficient (Wildman–Crippen LogP) is 2.18. The van der Waals surface area contributed by atoms with Gasteiger partial charge in [-0.25, -0.2) is 13.8 Å². The number of nitrogen functional groups attached to an aromatic ring is 1. The maximum absolute atomic E-state index is 13.5. The number of benzene rings is 1. The van der Waals surface area contributed by atoms with Crippen LogP contribution in [0.1, 0.15) is 5.56 Å². The Hall–Kier alpha value is -2.28. The van der Waals surface area contributed by atoms with E-state index in [1.165, 1.54) is 0 Å². The Balaban J connectivity index is 2.14. The molecule has 0 fully saturated rings. The lowest BCUT2D eigenvalue weighted by atomic mass is 10.2. The van der Waals surface area contributed by atoms with E-state index in [0.717, 1.165) is 30.3 Å². The Morgan fingerprint density at radius 3 is 2.71 bits per heavy atom. The first-order valence-electron chi connectivity index (χ1n) is 6.44. The summed E-state index contributed by atoms with van der Waals surface area (Å²) >= 11 is 0. The lowest BCUT2D eigenvalue weighted by molar-refractivity contribution is 0.413. The minimum absolute atomic E-state index is 0.0320. The van der Waals surface area contributed by atoms with E-state index in [9.17, 15) is 8.78 Å². The van der Waals surface area contributed by atoms with E-state index in [2.05, 4.69) is 15.3 Å². The third-order valence-corrected chi connectivity index (χ3v) is 2.90. The SMILES string of the molecule is CN(C)CCc1cnc(Nc2cc(F)ccc2F)nc1N. The minimum Gasteiger partial charge on any atom is -0.383 e. The highest BCUT2D eigenvalue weighted by Crippen LogP contribution is 2.20. The number of halogens is 2. The van der Waals surface area contributed by atoms with Crippen molar-refractivity contribution >= 4 is 17.5 Å². The molecule has 5 nitrogen and oxygen atoms in total. The van der Waals surface area contributed by atoms with Crippen LogP contribution in [0.5, 0.6) is 0 Å². The molecular weight excluding hydrogens is 276 g/mol. The predicted molar refractivity (Wildman–Crippen MR) is 78.3 cm³/mol. The van der Waals surface area contributed by atoms with Crippen molar-refractivity contribution < 1.29 is 8.78 Å². The minimum atomic E-state index is -0.588. The van der Waals surface area contributed by atoms with Crippen LogP contribution in [0.3, 0.4) is 0 Å². The summed E-state index contributed by atoms with van der Waals surface area (Å²) in [4.78, 5) is 10.2. The van der Waals surface area contributed by atoms with Crippen LogP contribution in [-0.4, -0.2) is 35.5 Å². The van der Waals surface area contributed by atoms with E-state index in [1.807, 2.05) is 19.0 Å². The molecule has 0 amide bonds. The summed E-state index contributed by atoms with van der Waals surface area (Å²) in [5.41, 5.74) is 6.63. The van der Waals surface area contributed by atoms with Gasteiger partial charge in [-0.3, -0.25) is 0 Å². The normalized spacial score (nSPS) is 10.9. The smallest absolute Gasteiger partial charge is 0.229 e. The zero-order valence-corrected chi connectivity index (χ0v) is 11.9. The van der Waals surface area contributed by atoms with Crippen molar-refractivity contribution in [1.82, 2.24) is 14.9 Å². The van der Waals surface area contributed by atoms with Crippen LogP contribution < -0.4 is 11.1 Å². The number of rotatable bonds is 5. The van der Waals surface area contributed by atoms with Crippen molar-refractivity contribution in [2.75, 3.05) is 31.7 Å². The fourth-order valence-electron chi connectivity index (χ4n) is 1.73. The average molecular weight is 293 g/mol. The van der Waals surface area contributed by atoms with Gasteiger partial charge in [0.2, 0.25) is 5.95 Å². The van der Waals surface area contributed by atoms with Gasteiger partial charge in [0.1, 0.15) is 17.5 Å². The van der Waals surface area contributed by atoms with Gasteiger partial charge >= 0.3 is 0 Å². The molecule has 112 valence electrons. The number of hydrogen-bond acceptors (Lipinski definition) is 5. The van der Waals surface area contributed by atoms with Gasteiger partial charge in [0.15, 0.2) is 0 Å². The third-order valence-electron chi connectivity index (χ3n) is 2.90. The topological polar surface area (TPSA) is 67.1 Å². The highest BCUT2D eigenvalue weighted by Gasteiger charge is 2.08. The van der Waals surface area contributed by atoms with Gasteiger partial charge in [-0.1, -0.05) is 0 Å². The van der Waals surface area contributed by atoms with Crippen molar-refractivity contribution in [1.29, 1.82) is 0 Å². The molecule has 0 spiro atoms. The average Bonchev–Trinajstić information content (AvgIpc) is 2.42. The van der Waals surface area contributed by atoms with Crippen LogP contribution in [0, 0.1) is 11.6 Å². The van der Waals surface area contributed by atoms with E-state index in [0.29, 0.717) is 12.2 Å². The molecular formula is C14H17F2N5. The largest absolute Gasteiger partial charge is 0.383 e. The van der Waals surface area contributed by atoms with Crippen molar-refractivity contribution in [2.24, 2.45) is 0 Å². The Morgan fingerprint density at radius 2 is 2.05 bits per heavy atom. The molecule has 2 rings (SSSR count). The lowest BCUT2D eigenvalue weighted by Crippen LogP contribution is -2.16. The molecule has 0 aliphatic rings. The summed E-state index contributed by atoms with van der Waals surface area (Å²) in [6.45, 7) is 0.818. The Labute approximate surface area is 121 Å². The summed E-state index contributed by atoms with van der Waals surface area (Å²) in [5, 5.41) is 2.62. The van der Waals surface area contributed by atoms with Crippen LogP contribution in [-0.2, 0) is 6.42 Å². The first-order valence-corrected chi connectivity index (χ1v) is 6.44. The monoisotopic (exact) mass is 293 g/mol. The molecule has 0 atom stereocenters. The molecule has 0 saturated heterocycles. The second-order valence-corrected chi connectivity index (χ2v) is 4.91. The second-order valence-electron chi connectivity index (χ2n) is 4.91. The standard InChI is InChI=1S/C14H17F2N5/c1-21(2)6-5-9-8-18-14(20-13(9)17)19-12-7-10(15)3-4-11(12)16/h3-4,7-8H,5-6H2,1-2H3,(H3,17,18,19,20). The molecule has 0 saturated carbocycles. The number of nitrogens with one attached hydrogen (secondary N) is 1. The fraction of sp³-hybridized carbons (Fsp3) is 0.286. The van der Waals surface area contributed by atoms with Crippen LogP contribution >= 0.6 is 0 Å². The van der Waals surface area contributed by atoms with Crippen LogP contribution in [0.2, 0.25) is 0 Å². The van der Waals surface area contributed by atoms with Gasteiger partial charge in [0.05, 0.1) is 5.69 Å². The Morgan fingerprint density at radius 1 is 1.29 bits per heavy atom. The van der Waals surface area contributed by atoms with Crippen LogP contribution in [0.15, 0.2) is 24.4 Å². The summed E-state index contributed by atoms with van der Waals surface area (Å²) in [7, 11) is 3.92. The molecule has 0 radical (unpaired) electrons. The van der Waals surface area contributed by atoms with Crippen LogP contribution in [0.25, 0.3) is 0 Å². The molecule has 0 aliphatic carbocycles. The number of anilines is 3. The van der Waals surface area contributed by atoms with Crippen molar-refractivity contribution in [3.63, 3.8) is 0 Å². The lowest BCUT2D eigenvalue weighted by Gasteiger charge is -2.11. The van der Waals surface area contributed by atoms with Gasteiger partial charge in [0.25, 0.3) is 0 Å². The maximum Gasteiger partial charge on any atom is 0.229 e. The summed E-state index contributed by atoms with van der Waals surface area (Å²) in [6, 6.07) is 3.11. The first kappa shape index (κ1) is 15.1. The molecule has 1 aromatic heterocycles. The van der Waals surface area contributed by atoms with Crippen LogP contribution in [0.4, 0.5) is 26.2 Å². The summed E-state index contributed by atoms with van der Waals surface area (Å²) in [6.07, 6.45) is 2.30. The molecule has 0 bridgehead atoms. The Kier molecular flexibility index (Phi) is 4.64. The molecule has 1 heterocycles. The number of hydrogen-bond donors (Lipinski definition) is 2. The number of nitrogens with two attached hydrogens (primary N) is 1. The molecule has 0 unspecified atom stereocenters. The molecule has 1 aromatic carbocycles. The quantitative estimate of drug-likeness (QED) is 0.884. The zero-order valence-electron chi connectivity index (χ0n) is 11.9. The Bertz CT molecular complexity index is 631. The van der Waals surface area contributed by atoms with E-state index in [-0.39, 0.29) is 11.6 Å². The summed E-state index contributed by atoms with van der Waals surface area (Å²) < 4.78 is 26.6. The van der Waals surface area contributed by atoms with Gasteiger partial charge < -0.3 is 16.0 Å². The first-order chi connectivity index (χ1) is 9.95. The molecule has 3 N–H and O–H groups in total. The van der Waals surface area contributed by atoms with E-state index in [4.69, 9.17) is 5.73 Å². The van der Waals surface area contributed by atoms with E-state index < -0.39 is 11.6 Å². The second kappa shape index (κ2) is 6.45. The van der Waals surface area contributed by atoms with E-state index >= 15 is 0 Å². The van der Waals surface area contributed by atoms with Gasteiger partial charge in [0, 0.05) is 24.4 Å². The van der Waals surface area contributed by atoms with Gasteiger partial charge in [-0.05, 0) is 32.6 Å². The van der Waals surface area contributed by atoms with Gasteiger partial charge in [-0.2, -0.15) is 4.98 Å². The number of aromatic nitrogens is 2.